The summed E-state index contributed by atoms with van der Waals surface area (Å²) in [5.74, 6) is -0.155. The van der Waals surface area contributed by atoms with Gasteiger partial charge in [0.25, 0.3) is 0 Å². The van der Waals surface area contributed by atoms with Crippen LogP contribution in [0.25, 0.3) is 0 Å². The minimum atomic E-state index is -3.77. The molecule has 18 heavy (non-hydrogen) atoms. The van der Waals surface area contributed by atoms with Crippen molar-refractivity contribution in [1.82, 2.24) is 0 Å². The topological polar surface area (TPSA) is 89.3 Å². The average Bonchev–Trinajstić information content (AvgIpc) is 2.13. The first-order chi connectivity index (χ1) is 8.01. The Bertz CT molecular complexity index is 576. The Labute approximate surface area is 115 Å². The maximum absolute atomic E-state index is 11.8. The molecule has 5 nitrogen and oxygen atoms in total. The molecule has 0 aliphatic heterocycles. The molecular formula is C11H15BrN2O3S. The van der Waals surface area contributed by atoms with E-state index in [2.05, 4.69) is 21.2 Å². The summed E-state index contributed by atoms with van der Waals surface area (Å²) in [6, 6.07) is 4.34. The number of halogens is 1. The monoisotopic (exact) mass is 334 g/mol. The van der Waals surface area contributed by atoms with Crippen molar-refractivity contribution in [2.45, 2.75) is 25.7 Å². The van der Waals surface area contributed by atoms with Crippen LogP contribution >= 0.6 is 15.9 Å². The van der Waals surface area contributed by atoms with Gasteiger partial charge >= 0.3 is 0 Å². The van der Waals surface area contributed by atoms with Gasteiger partial charge < -0.3 is 5.32 Å². The molecule has 0 radical (unpaired) electrons. The van der Waals surface area contributed by atoms with Gasteiger partial charge in [0.2, 0.25) is 15.9 Å². The fraction of sp³-hybridized carbons (Fsp3) is 0.364. The van der Waals surface area contributed by atoms with E-state index in [-0.39, 0.29) is 10.8 Å². The van der Waals surface area contributed by atoms with Crippen molar-refractivity contribution in [3.8, 4) is 0 Å². The highest BCUT2D eigenvalue weighted by molar-refractivity contribution is 9.10. The van der Waals surface area contributed by atoms with Gasteiger partial charge in [-0.05, 0) is 34.1 Å². The number of carbonyl (C=O) groups is 1. The van der Waals surface area contributed by atoms with Crippen molar-refractivity contribution in [2.75, 3.05) is 5.32 Å². The fourth-order valence-electron chi connectivity index (χ4n) is 1.13. The first-order valence-electron chi connectivity index (χ1n) is 5.15. The van der Waals surface area contributed by atoms with E-state index < -0.39 is 15.4 Å². The summed E-state index contributed by atoms with van der Waals surface area (Å²) in [5, 5.41) is 7.73. The van der Waals surface area contributed by atoms with Crippen LogP contribution in [0.3, 0.4) is 0 Å². The molecule has 0 spiro atoms. The molecule has 0 aromatic heterocycles. The van der Waals surface area contributed by atoms with Crippen molar-refractivity contribution < 1.29 is 13.2 Å². The lowest BCUT2D eigenvalue weighted by Crippen LogP contribution is -2.27. The van der Waals surface area contributed by atoms with Crippen LogP contribution in [0.15, 0.2) is 27.6 Å². The summed E-state index contributed by atoms with van der Waals surface area (Å²) in [6.45, 7) is 5.36. The minimum absolute atomic E-state index is 0.0174. The van der Waals surface area contributed by atoms with Crippen LogP contribution in [0.1, 0.15) is 20.8 Å². The largest absolute Gasteiger partial charge is 0.326 e. The zero-order valence-electron chi connectivity index (χ0n) is 10.3. The van der Waals surface area contributed by atoms with Gasteiger partial charge in [0.15, 0.2) is 0 Å². The van der Waals surface area contributed by atoms with Crippen LogP contribution in [-0.4, -0.2) is 14.3 Å². The second-order valence-corrected chi connectivity index (χ2v) is 7.28. The van der Waals surface area contributed by atoms with E-state index in [0.717, 1.165) is 0 Å². The van der Waals surface area contributed by atoms with Crippen molar-refractivity contribution >= 4 is 37.5 Å². The van der Waals surface area contributed by atoms with Crippen molar-refractivity contribution in [3.05, 3.63) is 22.7 Å². The van der Waals surface area contributed by atoms with Crippen LogP contribution in [0.5, 0.6) is 0 Å². The number of carbonyl (C=O) groups excluding carboxylic acids is 1. The predicted octanol–water partition coefficient (Wildman–Crippen LogP) is 2.08. The Balaban J connectivity index is 3.04. The molecule has 0 unspecified atom stereocenters. The summed E-state index contributed by atoms with van der Waals surface area (Å²) in [5.41, 5.74) is -0.0142. The number of rotatable bonds is 2. The van der Waals surface area contributed by atoms with E-state index in [9.17, 15) is 13.2 Å². The quantitative estimate of drug-likeness (QED) is 0.867. The Kier molecular flexibility index (Phi) is 4.19. The van der Waals surface area contributed by atoms with Crippen LogP contribution < -0.4 is 10.5 Å². The van der Waals surface area contributed by atoms with Gasteiger partial charge in [-0.3, -0.25) is 4.79 Å². The van der Waals surface area contributed by atoms with Gasteiger partial charge in [-0.2, -0.15) is 0 Å². The lowest BCUT2D eigenvalue weighted by atomic mass is 9.95. The Morgan fingerprint density at radius 1 is 1.33 bits per heavy atom. The molecule has 100 valence electrons. The average molecular weight is 335 g/mol. The Morgan fingerprint density at radius 3 is 2.28 bits per heavy atom. The minimum Gasteiger partial charge on any atom is -0.326 e. The van der Waals surface area contributed by atoms with Gasteiger partial charge in [0.1, 0.15) is 0 Å². The number of nitrogens with one attached hydrogen (secondary N) is 1. The summed E-state index contributed by atoms with van der Waals surface area (Å²) < 4.78 is 22.7. The molecule has 0 saturated heterocycles. The second kappa shape index (κ2) is 4.99. The van der Waals surface area contributed by atoms with E-state index in [1.807, 2.05) is 0 Å². The molecule has 3 N–H and O–H groups in total. The molecular weight excluding hydrogens is 320 g/mol. The van der Waals surface area contributed by atoms with Gasteiger partial charge in [-0.25, -0.2) is 13.6 Å². The summed E-state index contributed by atoms with van der Waals surface area (Å²) in [4.78, 5) is 11.7. The molecule has 0 aliphatic rings. The number of hydrogen-bond donors (Lipinski definition) is 2. The highest BCUT2D eigenvalue weighted by atomic mass is 79.9. The van der Waals surface area contributed by atoms with Crippen LogP contribution in [0.2, 0.25) is 0 Å². The maximum atomic E-state index is 11.8. The van der Waals surface area contributed by atoms with E-state index >= 15 is 0 Å². The van der Waals surface area contributed by atoms with E-state index in [4.69, 9.17) is 5.14 Å². The molecule has 1 rings (SSSR count). The highest BCUT2D eigenvalue weighted by Gasteiger charge is 2.21. The fourth-order valence-corrected chi connectivity index (χ4v) is 2.77. The molecule has 0 bridgehead atoms. The zero-order chi connectivity index (χ0) is 14.1. The third-order valence-electron chi connectivity index (χ3n) is 2.18. The van der Waals surface area contributed by atoms with E-state index in [1.165, 1.54) is 18.2 Å². The molecule has 1 amide bonds. The molecule has 0 aliphatic carbocycles. The van der Waals surface area contributed by atoms with Gasteiger partial charge in [-0.1, -0.05) is 20.8 Å². The van der Waals surface area contributed by atoms with Crippen LogP contribution in [-0.2, 0) is 14.8 Å². The smallest absolute Gasteiger partial charge is 0.239 e. The molecule has 7 heteroatoms. The predicted molar refractivity (Wildman–Crippen MR) is 73.6 cm³/mol. The lowest BCUT2D eigenvalue weighted by molar-refractivity contribution is -0.123. The standard InChI is InChI=1S/C11H15BrN2O3S/c1-11(2,3)10(15)14-7-4-5-9(8(12)6-7)18(13,16)17/h4-6H,1-3H3,(H,14,15)(H2,13,16,17). The number of hydrogen-bond acceptors (Lipinski definition) is 3. The summed E-state index contributed by atoms with van der Waals surface area (Å²) in [6.07, 6.45) is 0. The van der Waals surface area contributed by atoms with E-state index in [1.54, 1.807) is 20.8 Å². The number of primary sulfonamides is 1. The molecule has 0 atom stereocenters. The lowest BCUT2D eigenvalue weighted by Gasteiger charge is -2.18. The normalized spacial score (nSPS) is 12.3. The molecule has 0 heterocycles. The number of sulfonamides is 1. The van der Waals surface area contributed by atoms with E-state index in [0.29, 0.717) is 10.2 Å². The third-order valence-corrected chi connectivity index (χ3v) is 4.07. The molecule has 0 fully saturated rings. The summed E-state index contributed by atoms with van der Waals surface area (Å²) >= 11 is 3.11. The molecule has 1 aromatic rings. The maximum Gasteiger partial charge on any atom is 0.239 e. The number of benzene rings is 1. The summed E-state index contributed by atoms with van der Waals surface area (Å²) in [7, 11) is -3.77. The van der Waals surface area contributed by atoms with Crippen molar-refractivity contribution in [2.24, 2.45) is 10.6 Å². The third kappa shape index (κ3) is 3.79. The van der Waals surface area contributed by atoms with Gasteiger partial charge in [0, 0.05) is 15.6 Å². The van der Waals surface area contributed by atoms with Crippen molar-refractivity contribution in [3.63, 3.8) is 0 Å². The zero-order valence-corrected chi connectivity index (χ0v) is 12.7. The number of amides is 1. The Hall–Kier alpha value is -0.920. The number of nitrogens with two attached hydrogens (primary N) is 1. The van der Waals surface area contributed by atoms with Crippen molar-refractivity contribution in [1.29, 1.82) is 0 Å². The molecule has 0 saturated carbocycles. The Morgan fingerprint density at radius 2 is 1.89 bits per heavy atom. The van der Waals surface area contributed by atoms with Gasteiger partial charge in [-0.15, -0.1) is 0 Å². The molecule has 1 aromatic carbocycles. The first-order valence-corrected chi connectivity index (χ1v) is 7.49. The highest BCUT2D eigenvalue weighted by Crippen LogP contribution is 2.25. The number of anilines is 1. The van der Waals surface area contributed by atoms with Crippen LogP contribution in [0.4, 0.5) is 5.69 Å². The SMILES string of the molecule is CC(C)(C)C(=O)Nc1ccc(S(N)(=O)=O)c(Br)c1. The second-order valence-electron chi connectivity index (χ2n) is 4.89. The first kappa shape index (κ1) is 15.1. The van der Waals surface area contributed by atoms with Gasteiger partial charge in [0.05, 0.1) is 4.90 Å². The van der Waals surface area contributed by atoms with Crippen LogP contribution in [0, 0.1) is 5.41 Å².